The van der Waals surface area contributed by atoms with Crippen LogP contribution in [0.15, 0.2) is 24.3 Å². The highest BCUT2D eigenvalue weighted by Gasteiger charge is 2.30. The fraction of sp³-hybridized carbons (Fsp3) is 0.565. The minimum absolute atomic E-state index is 0.0661. The number of aromatic amines is 1. The minimum atomic E-state index is -0.114. The van der Waals surface area contributed by atoms with Gasteiger partial charge in [0.25, 0.3) is 0 Å². The van der Waals surface area contributed by atoms with Crippen molar-refractivity contribution in [3.8, 4) is 0 Å². The molecule has 30 heavy (non-hydrogen) atoms. The molecule has 0 unspecified atom stereocenters. The molecular weight excluding hydrogens is 380 g/mol. The minimum Gasteiger partial charge on any atom is -0.379 e. The van der Waals surface area contributed by atoms with Crippen molar-refractivity contribution in [2.75, 3.05) is 52.5 Å². The highest BCUT2D eigenvalue weighted by Crippen LogP contribution is 2.22. The molecule has 4 rings (SSSR count). The molecule has 0 saturated carbocycles. The summed E-state index contributed by atoms with van der Waals surface area (Å²) in [6.07, 6.45) is 1.90. The van der Waals surface area contributed by atoms with E-state index in [4.69, 9.17) is 4.74 Å². The average Bonchev–Trinajstić information content (AvgIpc) is 3.09. The number of carbonyl (C=O) groups is 2. The lowest BCUT2D eigenvalue weighted by molar-refractivity contribution is -0.138. The summed E-state index contributed by atoms with van der Waals surface area (Å²) in [6, 6.07) is 8.27. The maximum Gasteiger partial charge on any atom is 0.224 e. The summed E-state index contributed by atoms with van der Waals surface area (Å²) in [5.41, 5.74) is 3.55. The second-order valence-corrected chi connectivity index (χ2v) is 8.34. The Morgan fingerprint density at radius 2 is 2.03 bits per heavy atom. The number of fused-ring (bicyclic) bond motifs is 1. The van der Waals surface area contributed by atoms with Crippen LogP contribution in [-0.2, 0) is 20.7 Å². The normalized spacial score (nSPS) is 20.6. The van der Waals surface area contributed by atoms with Gasteiger partial charge in [-0.25, -0.2) is 0 Å². The van der Waals surface area contributed by atoms with Gasteiger partial charge in [-0.15, -0.1) is 0 Å². The van der Waals surface area contributed by atoms with Gasteiger partial charge in [0, 0.05) is 62.3 Å². The van der Waals surface area contributed by atoms with Gasteiger partial charge in [-0.3, -0.25) is 14.5 Å². The van der Waals surface area contributed by atoms with Crippen LogP contribution in [-0.4, -0.2) is 79.1 Å². The first-order chi connectivity index (χ1) is 14.6. The first kappa shape index (κ1) is 20.9. The van der Waals surface area contributed by atoms with Gasteiger partial charge < -0.3 is 19.9 Å². The monoisotopic (exact) mass is 412 g/mol. The first-order valence-electron chi connectivity index (χ1n) is 11.0. The molecule has 1 atom stereocenters. The van der Waals surface area contributed by atoms with Gasteiger partial charge in [0.1, 0.15) is 0 Å². The summed E-state index contributed by atoms with van der Waals surface area (Å²) in [5, 5.41) is 4.33. The summed E-state index contributed by atoms with van der Waals surface area (Å²) in [4.78, 5) is 32.7. The summed E-state index contributed by atoms with van der Waals surface area (Å²) in [5.74, 6) is 0.120. The summed E-state index contributed by atoms with van der Waals surface area (Å²) in [6.45, 7) is 8.11. The van der Waals surface area contributed by atoms with E-state index in [0.717, 1.165) is 50.5 Å². The van der Waals surface area contributed by atoms with Crippen LogP contribution < -0.4 is 5.32 Å². The largest absolute Gasteiger partial charge is 0.379 e. The van der Waals surface area contributed by atoms with Crippen LogP contribution in [0.3, 0.4) is 0 Å². The number of hydrogen-bond donors (Lipinski definition) is 2. The smallest absolute Gasteiger partial charge is 0.224 e. The number of H-pyrrole nitrogens is 1. The Labute approximate surface area is 177 Å². The molecule has 2 aromatic rings. The molecule has 1 aromatic carbocycles. The molecule has 162 valence electrons. The lowest BCUT2D eigenvalue weighted by Crippen LogP contribution is -2.49. The Morgan fingerprint density at radius 3 is 2.87 bits per heavy atom. The number of ether oxygens (including phenoxy) is 1. The fourth-order valence-electron chi connectivity index (χ4n) is 4.54. The highest BCUT2D eigenvalue weighted by atomic mass is 16.5. The van der Waals surface area contributed by atoms with Crippen LogP contribution in [0, 0.1) is 12.8 Å². The number of amides is 2. The standard InChI is InChI=1S/C23H32N4O3/c1-17-19(20-4-2-3-5-21(20)25-17)8-9-24-23(29)18-6-7-22(28)27(16-18)11-10-26-12-14-30-15-13-26/h2-5,18,25H,6-16H2,1H3,(H,24,29)/t18-/m0/s1. The van der Waals surface area contributed by atoms with Gasteiger partial charge in [-0.2, -0.15) is 0 Å². The molecule has 0 radical (unpaired) electrons. The number of nitrogens with zero attached hydrogens (tertiary/aromatic N) is 2. The Morgan fingerprint density at radius 1 is 1.23 bits per heavy atom. The molecule has 0 spiro atoms. The second kappa shape index (κ2) is 9.62. The zero-order valence-corrected chi connectivity index (χ0v) is 17.8. The predicted octanol–water partition coefficient (Wildman–Crippen LogP) is 1.71. The van der Waals surface area contributed by atoms with Crippen molar-refractivity contribution in [2.45, 2.75) is 26.2 Å². The van der Waals surface area contributed by atoms with Crippen LogP contribution in [0.2, 0.25) is 0 Å². The van der Waals surface area contributed by atoms with Crippen molar-refractivity contribution in [2.24, 2.45) is 5.92 Å². The van der Waals surface area contributed by atoms with Crippen molar-refractivity contribution in [3.05, 3.63) is 35.5 Å². The van der Waals surface area contributed by atoms with Crippen molar-refractivity contribution in [1.82, 2.24) is 20.1 Å². The van der Waals surface area contributed by atoms with Crippen molar-refractivity contribution >= 4 is 22.7 Å². The van der Waals surface area contributed by atoms with E-state index in [0.29, 0.717) is 32.5 Å². The molecular formula is C23H32N4O3. The number of benzene rings is 1. The van der Waals surface area contributed by atoms with E-state index >= 15 is 0 Å². The molecule has 2 N–H and O–H groups in total. The van der Waals surface area contributed by atoms with Crippen LogP contribution >= 0.6 is 0 Å². The maximum absolute atomic E-state index is 12.7. The van der Waals surface area contributed by atoms with Gasteiger partial charge in [-0.05, 0) is 31.4 Å². The number of aryl methyl sites for hydroxylation is 1. The summed E-state index contributed by atoms with van der Waals surface area (Å²) in [7, 11) is 0. The summed E-state index contributed by atoms with van der Waals surface area (Å²) >= 11 is 0. The molecule has 7 nitrogen and oxygen atoms in total. The number of morpholine rings is 1. The van der Waals surface area contributed by atoms with E-state index < -0.39 is 0 Å². The van der Waals surface area contributed by atoms with Crippen LogP contribution in [0.25, 0.3) is 10.9 Å². The predicted molar refractivity (Wildman–Crippen MR) is 116 cm³/mol. The third-order valence-corrected chi connectivity index (χ3v) is 6.36. The molecule has 0 bridgehead atoms. The lowest BCUT2D eigenvalue weighted by atomic mass is 9.96. The second-order valence-electron chi connectivity index (χ2n) is 8.34. The highest BCUT2D eigenvalue weighted by molar-refractivity contribution is 5.85. The van der Waals surface area contributed by atoms with E-state index in [-0.39, 0.29) is 17.7 Å². The number of hydrogen-bond acceptors (Lipinski definition) is 4. The zero-order valence-electron chi connectivity index (χ0n) is 17.8. The number of aromatic nitrogens is 1. The maximum atomic E-state index is 12.7. The Bertz CT molecular complexity index is 888. The van der Waals surface area contributed by atoms with E-state index in [1.54, 1.807) is 0 Å². The number of carbonyl (C=O) groups excluding carboxylic acids is 2. The van der Waals surface area contributed by atoms with E-state index in [1.165, 1.54) is 10.9 Å². The third kappa shape index (κ3) is 4.84. The van der Waals surface area contributed by atoms with Gasteiger partial charge in [0.05, 0.1) is 19.1 Å². The Hall–Kier alpha value is -2.38. The quantitative estimate of drug-likeness (QED) is 0.726. The lowest BCUT2D eigenvalue weighted by Gasteiger charge is -2.34. The van der Waals surface area contributed by atoms with Gasteiger partial charge in [0.2, 0.25) is 11.8 Å². The molecule has 3 heterocycles. The fourth-order valence-corrected chi connectivity index (χ4v) is 4.54. The topological polar surface area (TPSA) is 77.7 Å². The Kier molecular flexibility index (Phi) is 6.69. The molecule has 0 aliphatic carbocycles. The Balaban J connectivity index is 1.26. The van der Waals surface area contributed by atoms with E-state index in [1.807, 2.05) is 17.0 Å². The average molecular weight is 413 g/mol. The number of piperidine rings is 1. The molecule has 7 heteroatoms. The molecule has 2 aliphatic heterocycles. The molecule has 2 fully saturated rings. The molecule has 2 aliphatic rings. The molecule has 1 aromatic heterocycles. The van der Waals surface area contributed by atoms with Gasteiger partial charge in [-0.1, -0.05) is 18.2 Å². The number of rotatable bonds is 7. The molecule has 2 saturated heterocycles. The number of likely N-dealkylation sites (tertiary alicyclic amines) is 1. The van der Waals surface area contributed by atoms with E-state index in [9.17, 15) is 9.59 Å². The van der Waals surface area contributed by atoms with Gasteiger partial charge >= 0.3 is 0 Å². The van der Waals surface area contributed by atoms with Gasteiger partial charge in [0.15, 0.2) is 0 Å². The van der Waals surface area contributed by atoms with Crippen molar-refractivity contribution < 1.29 is 14.3 Å². The summed E-state index contributed by atoms with van der Waals surface area (Å²) < 4.78 is 5.38. The third-order valence-electron chi connectivity index (χ3n) is 6.36. The number of nitrogens with one attached hydrogen (secondary N) is 2. The number of para-hydroxylation sites is 1. The zero-order chi connectivity index (χ0) is 20.9. The molecule has 2 amide bonds. The van der Waals surface area contributed by atoms with Crippen LogP contribution in [0.5, 0.6) is 0 Å². The first-order valence-corrected chi connectivity index (χ1v) is 11.0. The van der Waals surface area contributed by atoms with Crippen molar-refractivity contribution in [1.29, 1.82) is 0 Å². The SMILES string of the molecule is Cc1[nH]c2ccccc2c1CCNC(=O)[C@H]1CCC(=O)N(CCN2CCOCC2)C1. The van der Waals surface area contributed by atoms with Crippen LogP contribution in [0.1, 0.15) is 24.1 Å². The van der Waals surface area contributed by atoms with E-state index in [2.05, 4.69) is 34.3 Å². The van der Waals surface area contributed by atoms with Crippen molar-refractivity contribution in [3.63, 3.8) is 0 Å². The van der Waals surface area contributed by atoms with Crippen LogP contribution in [0.4, 0.5) is 0 Å².